The summed E-state index contributed by atoms with van der Waals surface area (Å²) in [6, 6.07) is 61.1. The second-order valence-corrected chi connectivity index (χ2v) is 12.9. The molecule has 0 unspecified atom stereocenters. The molecule has 0 radical (unpaired) electrons. The number of hydrogen-bond acceptors (Lipinski definition) is 3. The third-order valence-electron chi connectivity index (χ3n) is 10.1. The molecular weight excluding hydrogens is 635 g/mol. The Morgan fingerprint density at radius 1 is 0.423 bits per heavy atom. The third kappa shape index (κ3) is 4.56. The zero-order chi connectivity index (χ0) is 34.6. The van der Waals surface area contributed by atoms with Crippen molar-refractivity contribution in [3.05, 3.63) is 182 Å². The van der Waals surface area contributed by atoms with Crippen molar-refractivity contribution in [2.45, 2.75) is 0 Å². The first-order valence-corrected chi connectivity index (χ1v) is 17.3. The highest BCUT2D eigenvalue weighted by molar-refractivity contribution is 6.10. The molecule has 52 heavy (non-hydrogen) atoms. The summed E-state index contributed by atoms with van der Waals surface area (Å²) < 4.78 is 4.46. The Hall–Kier alpha value is -7.29. The first-order chi connectivity index (χ1) is 25.8. The summed E-state index contributed by atoms with van der Waals surface area (Å²) in [6.45, 7) is 0. The van der Waals surface area contributed by atoms with E-state index in [1.807, 2.05) is 42.6 Å². The van der Waals surface area contributed by atoms with Crippen LogP contribution in [0.25, 0.3) is 88.8 Å². The van der Waals surface area contributed by atoms with Crippen LogP contribution in [0.1, 0.15) is 5.56 Å². The Kier molecular flexibility index (Phi) is 6.80. The molecule has 0 aliphatic rings. The molecular formula is C47H29N5. The van der Waals surface area contributed by atoms with Crippen molar-refractivity contribution >= 4 is 43.7 Å². The van der Waals surface area contributed by atoms with Gasteiger partial charge in [-0.05, 0) is 76.3 Å². The lowest BCUT2D eigenvalue weighted by atomic mass is 9.88. The predicted molar refractivity (Wildman–Crippen MR) is 212 cm³/mol. The van der Waals surface area contributed by atoms with Crippen molar-refractivity contribution in [2.75, 3.05) is 0 Å². The summed E-state index contributed by atoms with van der Waals surface area (Å²) in [5.74, 6) is 1.59. The van der Waals surface area contributed by atoms with Crippen LogP contribution in [-0.2, 0) is 0 Å². The van der Waals surface area contributed by atoms with Gasteiger partial charge in [0.05, 0.1) is 28.2 Å². The molecule has 6 aromatic carbocycles. The molecule has 10 aromatic rings. The fraction of sp³-hybridized carbons (Fsp3) is 0. The molecule has 4 aromatic heterocycles. The van der Waals surface area contributed by atoms with E-state index in [0.717, 1.165) is 78.0 Å². The lowest BCUT2D eigenvalue weighted by molar-refractivity contribution is 1.00. The maximum atomic E-state index is 10.1. The van der Waals surface area contributed by atoms with E-state index in [2.05, 4.69) is 149 Å². The van der Waals surface area contributed by atoms with Crippen LogP contribution in [0.15, 0.2) is 176 Å². The molecule has 0 N–H and O–H groups in total. The molecule has 4 heterocycles. The van der Waals surface area contributed by atoms with Crippen molar-refractivity contribution in [1.82, 2.24) is 19.1 Å². The summed E-state index contributed by atoms with van der Waals surface area (Å²) in [5.41, 5.74) is 10.8. The van der Waals surface area contributed by atoms with Crippen molar-refractivity contribution in [1.29, 1.82) is 5.26 Å². The van der Waals surface area contributed by atoms with Crippen molar-refractivity contribution < 1.29 is 0 Å². The van der Waals surface area contributed by atoms with Crippen LogP contribution in [-0.4, -0.2) is 19.1 Å². The Bertz CT molecular complexity index is 2810. The van der Waals surface area contributed by atoms with Crippen LogP contribution in [0.4, 0.5) is 0 Å². The Balaban J connectivity index is 1.30. The molecule has 0 aliphatic carbocycles. The minimum atomic E-state index is 0.645. The number of hydrogen-bond donors (Lipinski definition) is 0. The van der Waals surface area contributed by atoms with Gasteiger partial charge in [-0.1, -0.05) is 121 Å². The fourth-order valence-electron chi connectivity index (χ4n) is 7.82. The Morgan fingerprint density at radius 3 is 1.50 bits per heavy atom. The lowest BCUT2D eigenvalue weighted by Crippen LogP contribution is -2.05. The van der Waals surface area contributed by atoms with Crippen LogP contribution in [0.2, 0.25) is 0 Å². The van der Waals surface area contributed by atoms with E-state index >= 15 is 0 Å². The molecule has 0 fully saturated rings. The summed E-state index contributed by atoms with van der Waals surface area (Å²) in [7, 11) is 0. The van der Waals surface area contributed by atoms with E-state index < -0.39 is 0 Å². The topological polar surface area (TPSA) is 59.4 Å². The molecule has 0 atom stereocenters. The molecule has 5 heteroatoms. The first kappa shape index (κ1) is 29.6. The smallest absolute Gasteiger partial charge is 0.146 e. The average molecular weight is 664 g/mol. The molecule has 0 amide bonds. The number of pyridine rings is 2. The van der Waals surface area contributed by atoms with Crippen LogP contribution >= 0.6 is 0 Å². The molecule has 0 bridgehead atoms. The van der Waals surface area contributed by atoms with Crippen molar-refractivity contribution in [3.8, 4) is 51.1 Å². The summed E-state index contributed by atoms with van der Waals surface area (Å²) in [5, 5.41) is 14.6. The molecule has 10 rings (SSSR count). The number of nitrogens with zero attached hydrogens (tertiary/aromatic N) is 5. The van der Waals surface area contributed by atoms with Crippen LogP contribution in [0.3, 0.4) is 0 Å². The van der Waals surface area contributed by atoms with Gasteiger partial charge in [0.25, 0.3) is 0 Å². The third-order valence-corrected chi connectivity index (χ3v) is 10.1. The standard InChI is InChI=1S/C47H29N5/c48-30-31-14-1-2-15-33(31)35-17-5-6-19-37(35)36-18-4-3-16-34(36)32-28-45(51-42-24-10-7-20-38(42)39-21-8-11-25-43(39)51)50-46(29-32)52-44-26-12-9-22-40(44)41-23-13-27-49-47(41)52/h1-29H. The molecule has 0 saturated carbocycles. The van der Waals surface area contributed by atoms with Gasteiger partial charge in [-0.3, -0.25) is 9.13 Å². The van der Waals surface area contributed by atoms with E-state index in [1.54, 1.807) is 0 Å². The molecule has 0 saturated heterocycles. The van der Waals surface area contributed by atoms with Gasteiger partial charge < -0.3 is 0 Å². The fourth-order valence-corrected chi connectivity index (χ4v) is 7.82. The number of benzene rings is 6. The lowest BCUT2D eigenvalue weighted by Gasteiger charge is -2.18. The quantitative estimate of drug-likeness (QED) is 0.184. The van der Waals surface area contributed by atoms with E-state index in [0.29, 0.717) is 5.56 Å². The van der Waals surface area contributed by atoms with Gasteiger partial charge in [-0.25, -0.2) is 9.97 Å². The minimum Gasteiger partial charge on any atom is -0.294 e. The zero-order valence-electron chi connectivity index (χ0n) is 28.0. The molecule has 5 nitrogen and oxygen atoms in total. The van der Waals surface area contributed by atoms with Crippen LogP contribution in [0, 0.1) is 11.3 Å². The maximum absolute atomic E-state index is 10.1. The van der Waals surface area contributed by atoms with Gasteiger partial charge in [0, 0.05) is 33.3 Å². The second-order valence-electron chi connectivity index (χ2n) is 12.9. The van der Waals surface area contributed by atoms with Crippen LogP contribution < -0.4 is 0 Å². The van der Waals surface area contributed by atoms with Gasteiger partial charge in [-0.2, -0.15) is 5.26 Å². The monoisotopic (exact) mass is 663 g/mol. The maximum Gasteiger partial charge on any atom is 0.146 e. The van der Waals surface area contributed by atoms with Gasteiger partial charge in [0.1, 0.15) is 17.3 Å². The molecule has 0 spiro atoms. The van der Waals surface area contributed by atoms with E-state index in [9.17, 15) is 5.26 Å². The Labute approximate surface area is 299 Å². The first-order valence-electron chi connectivity index (χ1n) is 17.3. The predicted octanol–water partition coefficient (Wildman–Crippen LogP) is 11.5. The summed E-state index contributed by atoms with van der Waals surface area (Å²) in [4.78, 5) is 10.4. The van der Waals surface area contributed by atoms with Gasteiger partial charge in [0.2, 0.25) is 0 Å². The van der Waals surface area contributed by atoms with E-state index in [4.69, 9.17) is 9.97 Å². The van der Waals surface area contributed by atoms with Crippen molar-refractivity contribution in [3.63, 3.8) is 0 Å². The molecule has 242 valence electrons. The highest BCUT2D eigenvalue weighted by Crippen LogP contribution is 2.41. The highest BCUT2D eigenvalue weighted by Gasteiger charge is 2.20. The number of aromatic nitrogens is 4. The number of fused-ring (bicyclic) bond motifs is 6. The van der Waals surface area contributed by atoms with Gasteiger partial charge >= 0.3 is 0 Å². The van der Waals surface area contributed by atoms with Crippen LogP contribution in [0.5, 0.6) is 0 Å². The van der Waals surface area contributed by atoms with E-state index in [-0.39, 0.29) is 0 Å². The highest BCUT2D eigenvalue weighted by atomic mass is 15.2. The van der Waals surface area contributed by atoms with Gasteiger partial charge in [-0.15, -0.1) is 0 Å². The summed E-state index contributed by atoms with van der Waals surface area (Å²) in [6.07, 6.45) is 1.85. The van der Waals surface area contributed by atoms with E-state index in [1.165, 1.54) is 10.8 Å². The Morgan fingerprint density at radius 2 is 0.865 bits per heavy atom. The zero-order valence-corrected chi connectivity index (χ0v) is 28.0. The number of nitriles is 1. The van der Waals surface area contributed by atoms with Crippen molar-refractivity contribution in [2.24, 2.45) is 0 Å². The molecule has 0 aliphatic heterocycles. The SMILES string of the molecule is N#Cc1ccccc1-c1ccccc1-c1ccccc1-c1cc(-n2c3ccccc3c3ccccc32)nc(-n2c3ccccc3c3cccnc32)c1. The normalized spacial score (nSPS) is 11.4. The number of rotatable bonds is 5. The largest absolute Gasteiger partial charge is 0.294 e. The minimum absolute atomic E-state index is 0.645. The number of para-hydroxylation sites is 3. The average Bonchev–Trinajstić information content (AvgIpc) is 3.74. The second kappa shape index (κ2) is 11.9. The summed E-state index contributed by atoms with van der Waals surface area (Å²) >= 11 is 0. The van der Waals surface area contributed by atoms with Gasteiger partial charge in [0.15, 0.2) is 0 Å².